The van der Waals surface area contributed by atoms with E-state index in [1.54, 1.807) is 12.1 Å². The van der Waals surface area contributed by atoms with Crippen molar-refractivity contribution >= 4 is 17.6 Å². The van der Waals surface area contributed by atoms with E-state index in [0.29, 0.717) is 17.5 Å². The van der Waals surface area contributed by atoms with Crippen LogP contribution in [0.5, 0.6) is 5.75 Å². The molecule has 0 fully saturated rings. The quantitative estimate of drug-likeness (QED) is 0.614. The Labute approximate surface area is 121 Å². The minimum absolute atomic E-state index is 0.132. The van der Waals surface area contributed by atoms with Crippen molar-refractivity contribution in [3.63, 3.8) is 0 Å². The first-order chi connectivity index (χ1) is 9.24. The molecule has 0 heterocycles. The van der Waals surface area contributed by atoms with Crippen LogP contribution in [-0.4, -0.2) is 22.1 Å². The molecule has 112 valence electrons. The summed E-state index contributed by atoms with van der Waals surface area (Å²) in [5.41, 5.74) is 1.27. The number of benzene rings is 1. The molecule has 0 saturated heterocycles. The van der Waals surface area contributed by atoms with Crippen LogP contribution in [0.4, 0.5) is 8.78 Å². The molecule has 0 amide bonds. The van der Waals surface area contributed by atoms with Gasteiger partial charge in [0.2, 0.25) is 0 Å². The van der Waals surface area contributed by atoms with Gasteiger partial charge in [0.25, 0.3) is 0 Å². The van der Waals surface area contributed by atoms with Crippen LogP contribution < -0.4 is 4.74 Å². The highest BCUT2D eigenvalue weighted by atomic mass is 32.2. The fourth-order valence-corrected chi connectivity index (χ4v) is 1.95. The summed E-state index contributed by atoms with van der Waals surface area (Å²) in [5.74, 6) is 0.132. The van der Waals surface area contributed by atoms with Gasteiger partial charge in [-0.25, -0.2) is 0 Å². The number of hydrogen-bond acceptors (Lipinski definition) is 3. The van der Waals surface area contributed by atoms with Crippen molar-refractivity contribution < 1.29 is 18.1 Å². The van der Waals surface area contributed by atoms with Gasteiger partial charge in [-0.05, 0) is 38.8 Å². The molecule has 0 aliphatic heterocycles. The zero-order valence-corrected chi connectivity index (χ0v) is 12.8. The Morgan fingerprint density at radius 3 is 2.55 bits per heavy atom. The maximum absolute atomic E-state index is 12.3. The molecule has 0 N–H and O–H groups in total. The third kappa shape index (κ3) is 5.09. The van der Waals surface area contributed by atoms with Crippen molar-refractivity contribution in [2.24, 2.45) is 4.40 Å². The molecule has 0 spiro atoms. The summed E-state index contributed by atoms with van der Waals surface area (Å²) in [7, 11) is 0. The Morgan fingerprint density at radius 2 is 2.05 bits per heavy atom. The zero-order chi connectivity index (χ0) is 15.3. The van der Waals surface area contributed by atoms with Gasteiger partial charge in [0.1, 0.15) is 21.9 Å². The summed E-state index contributed by atoms with van der Waals surface area (Å²) >= 11 is -1.38. The summed E-state index contributed by atoms with van der Waals surface area (Å²) in [5, 5.41) is 0. The Hall–Kier alpha value is -1.14. The van der Waals surface area contributed by atoms with Crippen LogP contribution >= 0.6 is 0 Å². The highest BCUT2D eigenvalue weighted by molar-refractivity contribution is 7.91. The minimum atomic E-state index is -2.86. The van der Waals surface area contributed by atoms with Crippen molar-refractivity contribution in [2.75, 3.05) is 0 Å². The van der Waals surface area contributed by atoms with E-state index in [-0.39, 0.29) is 5.75 Å². The van der Waals surface area contributed by atoms with Crippen LogP contribution in [-0.2, 0) is 17.8 Å². The second-order valence-corrected chi connectivity index (χ2v) is 7.13. The molecule has 0 aliphatic rings. The lowest BCUT2D eigenvalue weighted by Gasteiger charge is -2.17. The van der Waals surface area contributed by atoms with Gasteiger partial charge < -0.3 is 9.29 Å². The molecule has 1 aromatic carbocycles. The average Bonchev–Trinajstić information content (AvgIpc) is 2.34. The van der Waals surface area contributed by atoms with E-state index < -0.39 is 22.7 Å². The van der Waals surface area contributed by atoms with E-state index in [0.717, 1.165) is 0 Å². The van der Waals surface area contributed by atoms with E-state index in [4.69, 9.17) is 0 Å². The number of aryl methyl sites for hydroxylation is 1. The fourth-order valence-electron chi connectivity index (χ4n) is 1.42. The van der Waals surface area contributed by atoms with Crippen molar-refractivity contribution in [1.82, 2.24) is 0 Å². The SMILES string of the molecule is CCc1ccc(C=N[S+]([O-])C(C)(C)C)cc1OC(F)F. The first-order valence-corrected chi connectivity index (χ1v) is 7.38. The second-order valence-electron chi connectivity index (χ2n) is 5.20. The maximum atomic E-state index is 12.3. The van der Waals surface area contributed by atoms with Crippen LogP contribution in [0.3, 0.4) is 0 Å². The van der Waals surface area contributed by atoms with Crippen LogP contribution in [0.15, 0.2) is 22.6 Å². The Balaban J connectivity index is 2.94. The third-order valence-corrected chi connectivity index (χ3v) is 3.85. The molecule has 1 aromatic rings. The molecule has 20 heavy (non-hydrogen) atoms. The standard InChI is InChI=1S/C14H19F2NO2S/c1-5-11-7-6-10(8-12(11)19-13(15)16)9-17-20(18)14(2,3)4/h6-9,13H,5H2,1-4H3. The summed E-state index contributed by atoms with van der Waals surface area (Å²) in [6.45, 7) is 4.43. The molecule has 1 rings (SSSR count). The first-order valence-electron chi connectivity index (χ1n) is 6.28. The molecule has 6 heteroatoms. The van der Waals surface area contributed by atoms with E-state index >= 15 is 0 Å². The molecule has 1 atom stereocenters. The highest BCUT2D eigenvalue weighted by Gasteiger charge is 2.25. The van der Waals surface area contributed by atoms with Gasteiger partial charge in [-0.3, -0.25) is 0 Å². The Kier molecular flexibility index (Phi) is 5.95. The number of hydrogen-bond donors (Lipinski definition) is 0. The van der Waals surface area contributed by atoms with Gasteiger partial charge in [-0.1, -0.05) is 23.5 Å². The second kappa shape index (κ2) is 7.04. The molecule has 0 aliphatic carbocycles. The first kappa shape index (κ1) is 16.9. The molecule has 3 nitrogen and oxygen atoms in total. The van der Waals surface area contributed by atoms with Crippen molar-refractivity contribution in [3.05, 3.63) is 29.3 Å². The minimum Gasteiger partial charge on any atom is -0.591 e. The van der Waals surface area contributed by atoms with Crippen molar-refractivity contribution in [2.45, 2.75) is 45.5 Å². The highest BCUT2D eigenvalue weighted by Crippen LogP contribution is 2.23. The van der Waals surface area contributed by atoms with Gasteiger partial charge >= 0.3 is 6.61 Å². The van der Waals surface area contributed by atoms with Crippen molar-refractivity contribution in [1.29, 1.82) is 0 Å². The topological polar surface area (TPSA) is 44.7 Å². The van der Waals surface area contributed by atoms with Gasteiger partial charge in [0.05, 0.1) is 6.21 Å². The predicted molar refractivity (Wildman–Crippen MR) is 77.9 cm³/mol. The van der Waals surface area contributed by atoms with Gasteiger partial charge in [-0.2, -0.15) is 8.78 Å². The normalized spacial score (nSPS) is 14.0. The van der Waals surface area contributed by atoms with Gasteiger partial charge in [0, 0.05) is 5.56 Å². The lowest BCUT2D eigenvalue weighted by atomic mass is 10.1. The van der Waals surface area contributed by atoms with Gasteiger partial charge in [0.15, 0.2) is 0 Å². The summed E-state index contributed by atoms with van der Waals surface area (Å²) in [6.07, 6.45) is 2.01. The van der Waals surface area contributed by atoms with Crippen LogP contribution in [0.1, 0.15) is 38.8 Å². The lowest BCUT2D eigenvalue weighted by molar-refractivity contribution is -0.0504. The monoisotopic (exact) mass is 303 g/mol. The molecule has 0 aromatic heterocycles. The average molecular weight is 303 g/mol. The molecule has 0 bridgehead atoms. The predicted octanol–water partition coefficient (Wildman–Crippen LogP) is 3.73. The molecule has 0 saturated carbocycles. The number of alkyl halides is 2. The molecule has 1 unspecified atom stereocenters. The number of rotatable bonds is 5. The molecule has 0 radical (unpaired) electrons. The Bertz CT molecular complexity index is 473. The summed E-state index contributed by atoms with van der Waals surface area (Å²) < 4.78 is 44.4. The van der Waals surface area contributed by atoms with Gasteiger partial charge in [-0.15, -0.1) is 0 Å². The smallest absolute Gasteiger partial charge is 0.387 e. The van der Waals surface area contributed by atoms with E-state index in [9.17, 15) is 13.3 Å². The zero-order valence-electron chi connectivity index (χ0n) is 12.0. The number of ether oxygens (including phenoxy) is 1. The van der Waals surface area contributed by atoms with E-state index in [2.05, 4.69) is 9.13 Å². The van der Waals surface area contributed by atoms with Crippen LogP contribution in [0, 0.1) is 0 Å². The van der Waals surface area contributed by atoms with Crippen molar-refractivity contribution in [3.8, 4) is 5.75 Å². The summed E-state index contributed by atoms with van der Waals surface area (Å²) in [6, 6.07) is 4.92. The fraction of sp³-hybridized carbons (Fsp3) is 0.500. The number of halogens is 2. The molecular weight excluding hydrogens is 284 g/mol. The summed E-state index contributed by atoms with van der Waals surface area (Å²) in [4.78, 5) is 0. The van der Waals surface area contributed by atoms with E-state index in [1.807, 2.05) is 27.7 Å². The largest absolute Gasteiger partial charge is 0.591 e. The molecular formula is C14H19F2NO2S. The third-order valence-electron chi connectivity index (χ3n) is 2.51. The number of nitrogens with zero attached hydrogens (tertiary/aromatic N) is 1. The van der Waals surface area contributed by atoms with Crippen LogP contribution in [0.2, 0.25) is 0 Å². The van der Waals surface area contributed by atoms with Crippen LogP contribution in [0.25, 0.3) is 0 Å². The maximum Gasteiger partial charge on any atom is 0.387 e. The lowest BCUT2D eigenvalue weighted by Crippen LogP contribution is -2.25. The Morgan fingerprint density at radius 1 is 1.40 bits per heavy atom. The van der Waals surface area contributed by atoms with E-state index in [1.165, 1.54) is 12.3 Å².